The zero-order valence-electron chi connectivity index (χ0n) is 9.70. The number of amides is 1. The lowest BCUT2D eigenvalue weighted by molar-refractivity contribution is -0.137. The minimum Gasteiger partial charge on any atom is -0.481 e. The Balaban J connectivity index is 2.22. The number of benzene rings is 1. The van der Waals surface area contributed by atoms with Crippen molar-refractivity contribution in [3.8, 4) is 0 Å². The Hall–Kier alpha value is -1.75. The molecule has 4 nitrogen and oxygen atoms in total. The van der Waals surface area contributed by atoms with Gasteiger partial charge in [0.05, 0.1) is 17.9 Å². The van der Waals surface area contributed by atoms with Gasteiger partial charge in [0.15, 0.2) is 0 Å². The lowest BCUT2D eigenvalue weighted by atomic mass is 10.1. The van der Waals surface area contributed by atoms with Crippen molar-refractivity contribution in [3.05, 3.63) is 41.3 Å². The summed E-state index contributed by atoms with van der Waals surface area (Å²) in [7, 11) is 0. The molecule has 1 aliphatic heterocycles. The molecular weight excluding hydrogens is 250 g/mol. The van der Waals surface area contributed by atoms with E-state index in [9.17, 15) is 9.59 Å². The van der Waals surface area contributed by atoms with Crippen molar-refractivity contribution < 1.29 is 14.7 Å². The SMILES string of the molecule is O=C(O)CCN1C(=O)CSC=C1c1ccccc1. The van der Waals surface area contributed by atoms with Gasteiger partial charge in [-0.15, -0.1) is 11.8 Å². The molecule has 1 heterocycles. The van der Waals surface area contributed by atoms with E-state index >= 15 is 0 Å². The number of hydrogen-bond donors (Lipinski definition) is 1. The molecule has 18 heavy (non-hydrogen) atoms. The molecule has 0 radical (unpaired) electrons. The molecule has 0 saturated heterocycles. The minimum atomic E-state index is -0.895. The van der Waals surface area contributed by atoms with Crippen LogP contribution in [-0.4, -0.2) is 34.2 Å². The molecule has 0 saturated carbocycles. The Morgan fingerprint density at radius 1 is 1.33 bits per heavy atom. The average molecular weight is 263 g/mol. The van der Waals surface area contributed by atoms with Crippen LogP contribution in [0.1, 0.15) is 12.0 Å². The monoisotopic (exact) mass is 263 g/mol. The minimum absolute atomic E-state index is 0.0393. The summed E-state index contributed by atoms with van der Waals surface area (Å²) in [5, 5.41) is 10.6. The molecule has 5 heteroatoms. The average Bonchev–Trinajstić information content (AvgIpc) is 2.38. The molecule has 0 atom stereocenters. The summed E-state index contributed by atoms with van der Waals surface area (Å²) in [5.41, 5.74) is 1.72. The van der Waals surface area contributed by atoms with Crippen molar-refractivity contribution in [2.45, 2.75) is 6.42 Å². The van der Waals surface area contributed by atoms with Gasteiger partial charge >= 0.3 is 5.97 Å². The van der Waals surface area contributed by atoms with Crippen LogP contribution in [0.15, 0.2) is 35.7 Å². The second kappa shape index (κ2) is 5.73. The Morgan fingerprint density at radius 2 is 2.06 bits per heavy atom. The summed E-state index contributed by atoms with van der Waals surface area (Å²) in [6, 6.07) is 9.53. The van der Waals surface area contributed by atoms with Crippen molar-refractivity contribution in [2.24, 2.45) is 0 Å². The molecule has 1 amide bonds. The first-order chi connectivity index (χ1) is 8.68. The maximum absolute atomic E-state index is 11.9. The smallest absolute Gasteiger partial charge is 0.305 e. The van der Waals surface area contributed by atoms with Crippen molar-refractivity contribution in [3.63, 3.8) is 0 Å². The van der Waals surface area contributed by atoms with Gasteiger partial charge in [-0.3, -0.25) is 9.59 Å². The molecule has 0 bridgehead atoms. The third kappa shape index (κ3) is 2.92. The van der Waals surface area contributed by atoms with Crippen LogP contribution >= 0.6 is 11.8 Å². The second-order valence-electron chi connectivity index (χ2n) is 3.87. The number of rotatable bonds is 4. The van der Waals surface area contributed by atoms with Crippen molar-refractivity contribution in [2.75, 3.05) is 12.3 Å². The highest BCUT2D eigenvalue weighted by molar-refractivity contribution is 8.03. The van der Waals surface area contributed by atoms with Gasteiger partial charge in [0.1, 0.15) is 0 Å². The number of carbonyl (C=O) groups excluding carboxylic acids is 1. The number of hydrogen-bond acceptors (Lipinski definition) is 3. The van der Waals surface area contributed by atoms with Crippen molar-refractivity contribution >= 4 is 29.3 Å². The lowest BCUT2D eigenvalue weighted by Gasteiger charge is -2.28. The highest BCUT2D eigenvalue weighted by atomic mass is 32.2. The second-order valence-corrected chi connectivity index (χ2v) is 4.73. The maximum atomic E-state index is 11.9. The van der Waals surface area contributed by atoms with E-state index in [2.05, 4.69) is 0 Å². The summed E-state index contributed by atoms with van der Waals surface area (Å²) < 4.78 is 0. The fourth-order valence-corrected chi connectivity index (χ4v) is 2.56. The normalized spacial score (nSPS) is 15.4. The summed E-state index contributed by atoms with van der Waals surface area (Å²) >= 11 is 1.44. The molecule has 0 spiro atoms. The standard InChI is InChI=1S/C13H13NO3S/c15-12-9-18-8-11(10-4-2-1-3-5-10)14(12)7-6-13(16)17/h1-5,8H,6-7,9H2,(H,16,17). The molecule has 0 aromatic heterocycles. The Bertz CT molecular complexity index is 484. The fourth-order valence-electron chi connectivity index (χ4n) is 1.75. The zero-order chi connectivity index (χ0) is 13.0. The first kappa shape index (κ1) is 12.7. The largest absolute Gasteiger partial charge is 0.481 e. The fraction of sp³-hybridized carbons (Fsp3) is 0.231. The van der Waals surface area contributed by atoms with Gasteiger partial charge in [-0.1, -0.05) is 30.3 Å². The van der Waals surface area contributed by atoms with E-state index in [-0.39, 0.29) is 18.9 Å². The van der Waals surface area contributed by atoms with Crippen molar-refractivity contribution in [1.82, 2.24) is 4.90 Å². The summed E-state index contributed by atoms with van der Waals surface area (Å²) in [6.07, 6.45) is -0.0411. The van der Waals surface area contributed by atoms with E-state index in [4.69, 9.17) is 5.11 Å². The summed E-state index contributed by atoms with van der Waals surface area (Å²) in [5.74, 6) is -0.563. The molecule has 94 valence electrons. The molecule has 0 fully saturated rings. The molecule has 1 aromatic rings. The lowest BCUT2D eigenvalue weighted by Crippen LogP contribution is -2.34. The van der Waals surface area contributed by atoms with E-state index in [0.717, 1.165) is 11.3 Å². The van der Waals surface area contributed by atoms with E-state index in [0.29, 0.717) is 5.75 Å². The molecular formula is C13H13NO3S. The third-order valence-electron chi connectivity index (χ3n) is 2.61. The first-order valence-electron chi connectivity index (χ1n) is 5.58. The van der Waals surface area contributed by atoms with Crippen LogP contribution in [0, 0.1) is 0 Å². The number of carboxylic acids is 1. The number of thioether (sulfide) groups is 1. The van der Waals surface area contributed by atoms with Crippen LogP contribution < -0.4 is 0 Å². The van der Waals surface area contributed by atoms with Crippen LogP contribution in [-0.2, 0) is 9.59 Å². The number of nitrogens with zero attached hydrogens (tertiary/aromatic N) is 1. The Morgan fingerprint density at radius 3 is 2.72 bits per heavy atom. The molecule has 1 N–H and O–H groups in total. The van der Waals surface area contributed by atoms with Crippen LogP contribution in [0.25, 0.3) is 5.70 Å². The summed E-state index contributed by atoms with van der Waals surface area (Å²) in [6.45, 7) is 0.218. The first-order valence-corrected chi connectivity index (χ1v) is 6.62. The molecule has 1 aromatic carbocycles. The molecule has 0 aliphatic carbocycles. The molecule has 1 aliphatic rings. The van der Waals surface area contributed by atoms with E-state index in [1.165, 1.54) is 11.8 Å². The highest BCUT2D eigenvalue weighted by Crippen LogP contribution is 2.28. The van der Waals surface area contributed by atoms with Gasteiger partial charge in [0.25, 0.3) is 0 Å². The quantitative estimate of drug-likeness (QED) is 0.903. The molecule has 0 unspecified atom stereocenters. The van der Waals surface area contributed by atoms with Gasteiger partial charge < -0.3 is 10.0 Å². The number of carbonyl (C=O) groups is 2. The van der Waals surface area contributed by atoms with Gasteiger partial charge in [-0.2, -0.15) is 0 Å². The Labute approximate surface area is 109 Å². The van der Waals surface area contributed by atoms with Gasteiger partial charge in [0.2, 0.25) is 5.91 Å². The third-order valence-corrected chi connectivity index (χ3v) is 3.42. The molecule has 2 rings (SSSR count). The van der Waals surface area contributed by atoms with Crippen LogP contribution in [0.5, 0.6) is 0 Å². The van der Waals surface area contributed by atoms with Crippen LogP contribution in [0.2, 0.25) is 0 Å². The predicted octanol–water partition coefficient (Wildman–Crippen LogP) is 2.04. The van der Waals surface area contributed by atoms with Gasteiger partial charge in [0, 0.05) is 6.54 Å². The van der Waals surface area contributed by atoms with Crippen LogP contribution in [0.4, 0.5) is 0 Å². The van der Waals surface area contributed by atoms with Gasteiger partial charge in [-0.05, 0) is 11.0 Å². The van der Waals surface area contributed by atoms with Crippen molar-refractivity contribution in [1.29, 1.82) is 0 Å². The zero-order valence-corrected chi connectivity index (χ0v) is 10.5. The predicted molar refractivity (Wildman–Crippen MR) is 70.8 cm³/mol. The van der Waals surface area contributed by atoms with E-state index < -0.39 is 5.97 Å². The summed E-state index contributed by atoms with van der Waals surface area (Å²) in [4.78, 5) is 24.0. The van der Waals surface area contributed by atoms with Gasteiger partial charge in [-0.25, -0.2) is 0 Å². The van der Waals surface area contributed by atoms with Crippen LogP contribution in [0.3, 0.4) is 0 Å². The highest BCUT2D eigenvalue weighted by Gasteiger charge is 2.23. The number of aliphatic carboxylic acids is 1. The maximum Gasteiger partial charge on any atom is 0.305 e. The van der Waals surface area contributed by atoms with E-state index in [1.54, 1.807) is 4.90 Å². The topological polar surface area (TPSA) is 57.6 Å². The number of carboxylic acid groups (broad SMARTS) is 1. The Kier molecular flexibility index (Phi) is 4.04. The van der Waals surface area contributed by atoms with E-state index in [1.807, 2.05) is 35.7 Å².